The zero-order valence-electron chi connectivity index (χ0n) is 19.3. The molecule has 0 radical (unpaired) electrons. The van der Waals surface area contributed by atoms with Crippen LogP contribution in [0.15, 0.2) is 116 Å². The Morgan fingerprint density at radius 3 is 2.38 bits per heavy atom. The highest BCUT2D eigenvalue weighted by Crippen LogP contribution is 2.40. The van der Waals surface area contributed by atoms with E-state index >= 15 is 0 Å². The summed E-state index contributed by atoms with van der Waals surface area (Å²) in [6.45, 7) is 0.173. The van der Waals surface area contributed by atoms with E-state index in [-0.39, 0.29) is 18.3 Å². The molecule has 1 amide bonds. The van der Waals surface area contributed by atoms with Gasteiger partial charge in [-0.25, -0.2) is 9.38 Å². The molecule has 8 heteroatoms. The van der Waals surface area contributed by atoms with Crippen molar-refractivity contribution in [2.24, 2.45) is 4.99 Å². The van der Waals surface area contributed by atoms with Gasteiger partial charge in [-0.15, -0.1) is 0 Å². The summed E-state index contributed by atoms with van der Waals surface area (Å²) in [5.41, 5.74) is 2.88. The second kappa shape index (κ2) is 11.5. The molecule has 5 rings (SSSR count). The Morgan fingerprint density at radius 1 is 0.919 bits per heavy atom. The molecule has 1 aliphatic rings. The number of para-hydroxylation sites is 2. The van der Waals surface area contributed by atoms with Gasteiger partial charge in [0.25, 0.3) is 5.91 Å². The molecule has 37 heavy (non-hydrogen) atoms. The number of nitrogens with zero attached hydrogens (tertiary/aromatic N) is 2. The van der Waals surface area contributed by atoms with Gasteiger partial charge in [-0.1, -0.05) is 64.5 Å². The number of benzene rings is 4. The molecular weight excluding hydrogens is 619 g/mol. The third-order valence-electron chi connectivity index (χ3n) is 5.40. The summed E-state index contributed by atoms with van der Waals surface area (Å²) in [5.74, 6) is 0.0450. The molecule has 1 saturated heterocycles. The first kappa shape index (κ1) is 25.4. The highest BCUT2D eigenvalue weighted by Gasteiger charge is 2.35. The van der Waals surface area contributed by atoms with E-state index in [2.05, 4.69) is 31.9 Å². The van der Waals surface area contributed by atoms with E-state index in [1.165, 1.54) is 23.9 Å². The smallest absolute Gasteiger partial charge is 0.271 e. The number of ether oxygens (including phenoxy) is 1. The highest BCUT2D eigenvalue weighted by atomic mass is 79.9. The fraction of sp³-hybridized carbons (Fsp3) is 0.0345. The van der Waals surface area contributed by atoms with E-state index < -0.39 is 0 Å². The molecule has 0 bridgehead atoms. The van der Waals surface area contributed by atoms with Crippen LogP contribution in [0.2, 0.25) is 0 Å². The van der Waals surface area contributed by atoms with E-state index in [1.54, 1.807) is 23.1 Å². The quantitative estimate of drug-likeness (QED) is 0.199. The molecule has 4 aromatic rings. The van der Waals surface area contributed by atoms with Crippen LogP contribution in [0.5, 0.6) is 5.75 Å². The van der Waals surface area contributed by atoms with Crippen LogP contribution in [0.1, 0.15) is 11.1 Å². The minimum atomic E-state index is -0.322. The van der Waals surface area contributed by atoms with Crippen molar-refractivity contribution in [2.45, 2.75) is 6.61 Å². The van der Waals surface area contributed by atoms with Crippen LogP contribution in [0.25, 0.3) is 6.08 Å². The van der Waals surface area contributed by atoms with Gasteiger partial charge in [0.05, 0.1) is 20.8 Å². The number of anilines is 1. The molecule has 4 nitrogen and oxygen atoms in total. The summed E-state index contributed by atoms with van der Waals surface area (Å²) in [7, 11) is 0. The minimum absolute atomic E-state index is 0.173. The standard InChI is InChI=1S/C29H19Br2FN2O2S/c30-21-15-20(27(25(31)17-21)36-18-19-8-7-9-22(32)14-19)16-26-28(35)34(24-12-5-2-6-13-24)29(37-26)33-23-10-3-1-4-11-23/h1-17H,18H2/b26-16+,33-29?. The maximum Gasteiger partial charge on any atom is 0.271 e. The van der Waals surface area contributed by atoms with Crippen molar-refractivity contribution in [1.29, 1.82) is 0 Å². The van der Waals surface area contributed by atoms with E-state index in [4.69, 9.17) is 9.73 Å². The Kier molecular flexibility index (Phi) is 7.88. The Morgan fingerprint density at radius 2 is 1.65 bits per heavy atom. The van der Waals surface area contributed by atoms with Gasteiger partial charge in [-0.05, 0) is 87.9 Å². The van der Waals surface area contributed by atoms with Crippen molar-refractivity contribution in [3.8, 4) is 5.75 Å². The molecule has 1 aliphatic heterocycles. The van der Waals surface area contributed by atoms with Crippen molar-refractivity contribution in [3.05, 3.63) is 128 Å². The zero-order chi connectivity index (χ0) is 25.8. The van der Waals surface area contributed by atoms with Gasteiger partial charge in [0, 0.05) is 10.0 Å². The Balaban J connectivity index is 1.53. The van der Waals surface area contributed by atoms with Gasteiger partial charge in [-0.3, -0.25) is 9.69 Å². The average molecular weight is 638 g/mol. The summed E-state index contributed by atoms with van der Waals surface area (Å²) >= 11 is 8.40. The maximum absolute atomic E-state index is 13.7. The van der Waals surface area contributed by atoms with Crippen LogP contribution < -0.4 is 9.64 Å². The first-order valence-corrected chi connectivity index (χ1v) is 13.7. The molecule has 4 aromatic carbocycles. The molecule has 1 heterocycles. The van der Waals surface area contributed by atoms with Gasteiger partial charge in [0.1, 0.15) is 18.2 Å². The van der Waals surface area contributed by atoms with Gasteiger partial charge < -0.3 is 4.74 Å². The molecule has 0 unspecified atom stereocenters. The number of hydrogen-bond acceptors (Lipinski definition) is 4. The third kappa shape index (κ3) is 6.04. The molecule has 0 spiro atoms. The van der Waals surface area contributed by atoms with Gasteiger partial charge >= 0.3 is 0 Å². The number of carbonyl (C=O) groups excluding carboxylic acids is 1. The number of thioether (sulfide) groups is 1. The summed E-state index contributed by atoms with van der Waals surface area (Å²) in [5, 5.41) is 0.560. The molecule has 1 fully saturated rings. The van der Waals surface area contributed by atoms with Crippen LogP contribution in [0, 0.1) is 5.82 Å². The van der Waals surface area contributed by atoms with E-state index in [0.717, 1.165) is 15.8 Å². The lowest BCUT2D eigenvalue weighted by molar-refractivity contribution is -0.113. The lowest BCUT2D eigenvalue weighted by Gasteiger charge is -2.15. The molecule has 0 saturated carbocycles. The maximum atomic E-state index is 13.7. The molecule has 0 aromatic heterocycles. The highest BCUT2D eigenvalue weighted by molar-refractivity contribution is 9.11. The second-order valence-corrected chi connectivity index (χ2v) is 10.8. The topological polar surface area (TPSA) is 41.9 Å². The van der Waals surface area contributed by atoms with Crippen molar-refractivity contribution in [2.75, 3.05) is 4.90 Å². The van der Waals surface area contributed by atoms with Crippen molar-refractivity contribution < 1.29 is 13.9 Å². The van der Waals surface area contributed by atoms with Gasteiger partial charge in [0.2, 0.25) is 0 Å². The molecule has 0 aliphatic carbocycles. The number of carbonyl (C=O) groups is 1. The first-order valence-electron chi connectivity index (χ1n) is 11.3. The van der Waals surface area contributed by atoms with Crippen LogP contribution in [-0.2, 0) is 11.4 Å². The largest absolute Gasteiger partial charge is 0.487 e. The number of halogens is 3. The van der Waals surface area contributed by atoms with Crippen LogP contribution >= 0.6 is 43.6 Å². The van der Waals surface area contributed by atoms with Crippen molar-refractivity contribution in [3.63, 3.8) is 0 Å². The summed E-state index contributed by atoms with van der Waals surface area (Å²) in [4.78, 5) is 20.5. The van der Waals surface area contributed by atoms with Gasteiger partial charge in [0.15, 0.2) is 5.17 Å². The monoisotopic (exact) mass is 636 g/mol. The number of hydrogen-bond donors (Lipinski definition) is 0. The molecule has 0 atom stereocenters. The zero-order valence-corrected chi connectivity index (χ0v) is 23.3. The Bertz CT molecular complexity index is 1510. The lowest BCUT2D eigenvalue weighted by atomic mass is 10.1. The predicted octanol–water partition coefficient (Wildman–Crippen LogP) is 8.74. The van der Waals surface area contributed by atoms with Gasteiger partial charge in [-0.2, -0.15) is 0 Å². The Labute approximate surface area is 235 Å². The number of amides is 1. The first-order chi connectivity index (χ1) is 18.0. The van der Waals surface area contributed by atoms with E-state index in [1.807, 2.05) is 72.8 Å². The third-order valence-corrected chi connectivity index (χ3v) is 7.41. The lowest BCUT2D eigenvalue weighted by Crippen LogP contribution is -2.28. The number of amidine groups is 1. The van der Waals surface area contributed by atoms with Crippen LogP contribution in [0.3, 0.4) is 0 Å². The Hall–Kier alpha value is -3.20. The van der Waals surface area contributed by atoms with E-state index in [0.29, 0.717) is 31.4 Å². The number of rotatable bonds is 6. The van der Waals surface area contributed by atoms with Crippen molar-refractivity contribution in [1.82, 2.24) is 0 Å². The predicted molar refractivity (Wildman–Crippen MR) is 156 cm³/mol. The second-order valence-electron chi connectivity index (χ2n) is 8.04. The summed E-state index contributed by atoms with van der Waals surface area (Å²) in [6, 6.07) is 29.0. The molecule has 0 N–H and O–H groups in total. The summed E-state index contributed by atoms with van der Waals surface area (Å²) < 4.78 is 21.3. The minimum Gasteiger partial charge on any atom is -0.487 e. The normalized spacial score (nSPS) is 15.5. The average Bonchev–Trinajstić information content (AvgIpc) is 3.18. The van der Waals surface area contributed by atoms with Crippen LogP contribution in [0.4, 0.5) is 15.8 Å². The van der Waals surface area contributed by atoms with Crippen LogP contribution in [-0.4, -0.2) is 11.1 Å². The SMILES string of the molecule is O=C1/C(=C\c2cc(Br)cc(Br)c2OCc2cccc(F)c2)SC(=Nc2ccccc2)N1c1ccccc1. The van der Waals surface area contributed by atoms with E-state index in [9.17, 15) is 9.18 Å². The molecule has 184 valence electrons. The molecular formula is C29H19Br2FN2O2S. The number of aliphatic imine (C=N–C) groups is 1. The fourth-order valence-electron chi connectivity index (χ4n) is 3.73. The summed E-state index contributed by atoms with van der Waals surface area (Å²) in [6.07, 6.45) is 1.80. The van der Waals surface area contributed by atoms with Crippen molar-refractivity contribution >= 4 is 72.1 Å². The fourth-order valence-corrected chi connectivity index (χ4v) is 6.09.